The highest BCUT2D eigenvalue weighted by Gasteiger charge is 2.12. The van der Waals surface area contributed by atoms with E-state index in [9.17, 15) is 9.59 Å². The van der Waals surface area contributed by atoms with Crippen molar-refractivity contribution in [2.75, 3.05) is 5.32 Å². The summed E-state index contributed by atoms with van der Waals surface area (Å²) < 4.78 is 5.73. The molecule has 162 valence electrons. The number of anilines is 1. The zero-order chi connectivity index (χ0) is 22.3. The molecule has 6 nitrogen and oxygen atoms in total. The third kappa shape index (κ3) is 5.81. The molecule has 2 amide bonds. The zero-order valence-electron chi connectivity index (χ0n) is 17.3. The first-order valence-electron chi connectivity index (χ1n) is 9.94. The van der Waals surface area contributed by atoms with Gasteiger partial charge < -0.3 is 10.1 Å². The fourth-order valence-electron chi connectivity index (χ4n) is 2.87. The molecule has 0 atom stereocenters. The van der Waals surface area contributed by atoms with E-state index in [1.807, 2.05) is 60.0 Å². The second-order valence-electron chi connectivity index (χ2n) is 6.97. The predicted octanol–water partition coefficient (Wildman–Crippen LogP) is 5.34. The molecule has 0 aliphatic rings. The van der Waals surface area contributed by atoms with Crippen molar-refractivity contribution in [1.82, 2.24) is 10.3 Å². The van der Waals surface area contributed by atoms with Gasteiger partial charge in [-0.15, -0.1) is 22.7 Å². The van der Waals surface area contributed by atoms with Gasteiger partial charge in [0, 0.05) is 22.7 Å². The SMILES string of the molecule is CC(=O)NCc1ccc(-c2csc(NC(=O)c3ccc(COc4ccccc4)cc3)n2)s1. The number of amides is 2. The molecule has 8 heteroatoms. The van der Waals surface area contributed by atoms with Gasteiger partial charge >= 0.3 is 0 Å². The van der Waals surface area contributed by atoms with E-state index in [2.05, 4.69) is 15.6 Å². The quantitative estimate of drug-likeness (QED) is 0.370. The van der Waals surface area contributed by atoms with Gasteiger partial charge in [-0.2, -0.15) is 0 Å². The molecule has 0 aliphatic carbocycles. The van der Waals surface area contributed by atoms with Crippen molar-refractivity contribution in [1.29, 1.82) is 0 Å². The fraction of sp³-hybridized carbons (Fsp3) is 0.125. The molecule has 2 heterocycles. The second-order valence-corrected chi connectivity index (χ2v) is 8.99. The fourth-order valence-corrected chi connectivity index (χ4v) is 4.56. The summed E-state index contributed by atoms with van der Waals surface area (Å²) in [5, 5.41) is 8.09. The zero-order valence-corrected chi connectivity index (χ0v) is 19.0. The summed E-state index contributed by atoms with van der Waals surface area (Å²) in [4.78, 5) is 30.2. The van der Waals surface area contributed by atoms with Crippen LogP contribution in [0.3, 0.4) is 0 Å². The number of nitrogens with zero attached hydrogens (tertiary/aromatic N) is 1. The molecular weight excluding hydrogens is 442 g/mol. The van der Waals surface area contributed by atoms with Crippen molar-refractivity contribution >= 4 is 39.6 Å². The monoisotopic (exact) mass is 463 g/mol. The summed E-state index contributed by atoms with van der Waals surface area (Å²) in [6.45, 7) is 2.43. The summed E-state index contributed by atoms with van der Waals surface area (Å²) >= 11 is 2.94. The molecule has 4 rings (SSSR count). The molecule has 2 N–H and O–H groups in total. The molecule has 0 saturated heterocycles. The molecule has 2 aromatic heterocycles. The Bertz CT molecular complexity index is 1200. The number of hydrogen-bond donors (Lipinski definition) is 2. The number of para-hydroxylation sites is 1. The van der Waals surface area contributed by atoms with Crippen molar-refractivity contribution < 1.29 is 14.3 Å². The van der Waals surface area contributed by atoms with Gasteiger partial charge in [-0.3, -0.25) is 14.9 Å². The smallest absolute Gasteiger partial charge is 0.257 e. The number of carbonyl (C=O) groups excluding carboxylic acids is 2. The summed E-state index contributed by atoms with van der Waals surface area (Å²) in [6.07, 6.45) is 0. The minimum absolute atomic E-state index is 0.0599. The van der Waals surface area contributed by atoms with Crippen molar-refractivity contribution in [2.24, 2.45) is 0 Å². The summed E-state index contributed by atoms with van der Waals surface area (Å²) in [5.74, 6) is 0.538. The van der Waals surface area contributed by atoms with Crippen molar-refractivity contribution in [2.45, 2.75) is 20.1 Å². The summed E-state index contributed by atoms with van der Waals surface area (Å²) in [5.41, 5.74) is 2.34. The highest BCUT2D eigenvalue weighted by molar-refractivity contribution is 7.17. The number of nitrogens with one attached hydrogen (secondary N) is 2. The molecule has 0 unspecified atom stereocenters. The van der Waals surface area contributed by atoms with Crippen LogP contribution in [0.25, 0.3) is 10.6 Å². The largest absolute Gasteiger partial charge is 0.489 e. The van der Waals surface area contributed by atoms with E-state index < -0.39 is 0 Å². The number of hydrogen-bond acceptors (Lipinski definition) is 6. The minimum atomic E-state index is -0.209. The van der Waals surface area contributed by atoms with Gasteiger partial charge in [-0.25, -0.2) is 4.98 Å². The first kappa shape index (κ1) is 21.7. The highest BCUT2D eigenvalue weighted by atomic mass is 32.1. The number of ether oxygens (including phenoxy) is 1. The lowest BCUT2D eigenvalue weighted by Gasteiger charge is -2.07. The molecular formula is C24H21N3O3S2. The lowest BCUT2D eigenvalue weighted by molar-refractivity contribution is -0.119. The highest BCUT2D eigenvalue weighted by Crippen LogP contribution is 2.31. The first-order chi connectivity index (χ1) is 15.6. The molecule has 0 aliphatic heterocycles. The summed E-state index contributed by atoms with van der Waals surface area (Å²) in [7, 11) is 0. The van der Waals surface area contributed by atoms with Crippen molar-refractivity contribution in [3.63, 3.8) is 0 Å². The molecule has 0 fully saturated rings. The van der Waals surface area contributed by atoms with E-state index >= 15 is 0 Å². The molecule has 0 radical (unpaired) electrons. The van der Waals surface area contributed by atoms with E-state index in [0.29, 0.717) is 23.8 Å². The van der Waals surface area contributed by atoms with Gasteiger partial charge in [-0.05, 0) is 42.0 Å². The average molecular weight is 464 g/mol. The Kier molecular flexibility index (Phi) is 6.94. The van der Waals surface area contributed by atoms with Gasteiger partial charge in [0.1, 0.15) is 12.4 Å². The van der Waals surface area contributed by atoms with Gasteiger partial charge in [-0.1, -0.05) is 30.3 Å². The summed E-state index contributed by atoms with van der Waals surface area (Å²) in [6, 6.07) is 20.9. The Morgan fingerprint density at radius 3 is 2.53 bits per heavy atom. The predicted molar refractivity (Wildman–Crippen MR) is 128 cm³/mol. The van der Waals surface area contributed by atoms with Crippen LogP contribution in [0.5, 0.6) is 5.75 Å². The second kappa shape index (κ2) is 10.2. The van der Waals surface area contributed by atoms with Crippen LogP contribution in [0, 0.1) is 0 Å². The molecule has 4 aromatic rings. The van der Waals surface area contributed by atoms with Crippen LogP contribution >= 0.6 is 22.7 Å². The Hall–Kier alpha value is -3.49. The van der Waals surface area contributed by atoms with E-state index in [0.717, 1.165) is 26.8 Å². The number of carbonyl (C=O) groups is 2. The van der Waals surface area contributed by atoms with Crippen LogP contribution in [0.1, 0.15) is 27.7 Å². The van der Waals surface area contributed by atoms with Crippen molar-refractivity contribution in [3.05, 3.63) is 88.1 Å². The third-order valence-electron chi connectivity index (χ3n) is 4.52. The van der Waals surface area contributed by atoms with Gasteiger partial charge in [0.15, 0.2) is 5.13 Å². The van der Waals surface area contributed by atoms with Crippen LogP contribution in [0.4, 0.5) is 5.13 Å². The van der Waals surface area contributed by atoms with E-state index in [4.69, 9.17) is 4.74 Å². The Morgan fingerprint density at radius 1 is 1.00 bits per heavy atom. The number of thiophene rings is 1. The number of rotatable bonds is 8. The van der Waals surface area contributed by atoms with E-state index in [1.54, 1.807) is 23.5 Å². The van der Waals surface area contributed by atoms with E-state index in [1.165, 1.54) is 18.3 Å². The van der Waals surface area contributed by atoms with Crippen LogP contribution in [-0.4, -0.2) is 16.8 Å². The van der Waals surface area contributed by atoms with Crippen LogP contribution in [0.2, 0.25) is 0 Å². The third-order valence-corrected chi connectivity index (χ3v) is 6.38. The molecule has 0 bridgehead atoms. The first-order valence-corrected chi connectivity index (χ1v) is 11.6. The Morgan fingerprint density at radius 2 is 1.78 bits per heavy atom. The standard InChI is InChI=1S/C24H21N3O3S2/c1-16(28)25-13-20-11-12-22(32-20)21-15-31-24(26-21)27-23(29)18-9-7-17(8-10-18)14-30-19-5-3-2-4-6-19/h2-12,15H,13-14H2,1H3,(H,25,28)(H,26,27,29). The Labute approximate surface area is 193 Å². The topological polar surface area (TPSA) is 80.3 Å². The molecule has 2 aromatic carbocycles. The molecule has 32 heavy (non-hydrogen) atoms. The average Bonchev–Trinajstić information content (AvgIpc) is 3.47. The maximum Gasteiger partial charge on any atom is 0.257 e. The normalized spacial score (nSPS) is 10.5. The van der Waals surface area contributed by atoms with Crippen LogP contribution in [0.15, 0.2) is 72.1 Å². The minimum Gasteiger partial charge on any atom is -0.489 e. The van der Waals surface area contributed by atoms with E-state index in [-0.39, 0.29) is 11.8 Å². The van der Waals surface area contributed by atoms with Crippen LogP contribution < -0.4 is 15.4 Å². The number of thiazole rings is 1. The molecule has 0 spiro atoms. The maximum absolute atomic E-state index is 12.6. The van der Waals surface area contributed by atoms with Crippen molar-refractivity contribution in [3.8, 4) is 16.3 Å². The van der Waals surface area contributed by atoms with Gasteiger partial charge in [0.25, 0.3) is 5.91 Å². The Balaban J connectivity index is 1.33. The van der Waals surface area contributed by atoms with Crippen LogP contribution in [-0.2, 0) is 17.9 Å². The maximum atomic E-state index is 12.6. The van der Waals surface area contributed by atoms with Gasteiger partial charge in [0.2, 0.25) is 5.91 Å². The van der Waals surface area contributed by atoms with Gasteiger partial charge in [0.05, 0.1) is 17.1 Å². The molecule has 0 saturated carbocycles. The number of aromatic nitrogens is 1. The lowest BCUT2D eigenvalue weighted by atomic mass is 10.1. The number of benzene rings is 2. The lowest BCUT2D eigenvalue weighted by Crippen LogP contribution is -2.17.